The predicted octanol–water partition coefficient (Wildman–Crippen LogP) is 3.05. The molecule has 6 heteroatoms. The first kappa shape index (κ1) is 13.6. The number of hydrogen-bond acceptors (Lipinski definition) is 4. The second-order valence-electron chi connectivity index (χ2n) is 4.71. The monoisotopic (exact) mass is 301 g/mol. The van der Waals surface area contributed by atoms with Crippen LogP contribution in [0.5, 0.6) is 5.75 Å². The first-order chi connectivity index (χ1) is 10.2. The summed E-state index contributed by atoms with van der Waals surface area (Å²) in [5, 5.41) is 6.40. The minimum absolute atomic E-state index is 0.0855. The van der Waals surface area contributed by atoms with Crippen LogP contribution in [-0.4, -0.2) is 22.6 Å². The van der Waals surface area contributed by atoms with Gasteiger partial charge in [-0.25, -0.2) is 4.98 Å². The second kappa shape index (κ2) is 5.57. The number of carbonyl (C=O) groups excluding carboxylic acids is 1. The van der Waals surface area contributed by atoms with Gasteiger partial charge in [0.05, 0.1) is 12.8 Å². The Morgan fingerprint density at radius 3 is 3.00 bits per heavy atom. The topological polar surface area (TPSA) is 56.1 Å². The Bertz CT molecular complexity index is 791. The van der Waals surface area contributed by atoms with E-state index in [1.807, 2.05) is 47.3 Å². The molecule has 2 aromatic heterocycles. The Kier molecular flexibility index (Phi) is 3.62. The summed E-state index contributed by atoms with van der Waals surface area (Å²) < 4.78 is 7.11. The minimum Gasteiger partial charge on any atom is -0.497 e. The SMILES string of the molecule is COc1ccc2c(ccn2CC(=O)Nc2nc(C)cs2)c1. The van der Waals surface area contributed by atoms with Crippen LogP contribution in [0, 0.1) is 6.92 Å². The van der Waals surface area contributed by atoms with Gasteiger partial charge in [0.25, 0.3) is 0 Å². The van der Waals surface area contributed by atoms with E-state index in [4.69, 9.17) is 4.74 Å². The minimum atomic E-state index is -0.0855. The van der Waals surface area contributed by atoms with Gasteiger partial charge in [0.15, 0.2) is 5.13 Å². The Hall–Kier alpha value is -2.34. The van der Waals surface area contributed by atoms with Crippen molar-refractivity contribution in [2.45, 2.75) is 13.5 Å². The summed E-state index contributed by atoms with van der Waals surface area (Å²) in [7, 11) is 1.64. The van der Waals surface area contributed by atoms with Crippen molar-refractivity contribution in [1.29, 1.82) is 0 Å². The highest BCUT2D eigenvalue weighted by molar-refractivity contribution is 7.13. The van der Waals surface area contributed by atoms with Crippen molar-refractivity contribution < 1.29 is 9.53 Å². The van der Waals surface area contributed by atoms with Crippen LogP contribution in [-0.2, 0) is 11.3 Å². The number of methoxy groups -OCH3 is 1. The van der Waals surface area contributed by atoms with Crippen molar-refractivity contribution in [3.8, 4) is 5.75 Å². The fourth-order valence-corrected chi connectivity index (χ4v) is 2.87. The van der Waals surface area contributed by atoms with Gasteiger partial charge in [-0.1, -0.05) is 0 Å². The smallest absolute Gasteiger partial charge is 0.246 e. The zero-order chi connectivity index (χ0) is 14.8. The van der Waals surface area contributed by atoms with Crippen LogP contribution in [0.4, 0.5) is 5.13 Å². The predicted molar refractivity (Wildman–Crippen MR) is 84.0 cm³/mol. The average Bonchev–Trinajstić information content (AvgIpc) is 3.05. The first-order valence-corrected chi connectivity index (χ1v) is 7.38. The molecule has 0 unspecified atom stereocenters. The molecule has 0 aliphatic carbocycles. The number of thiazole rings is 1. The average molecular weight is 301 g/mol. The van der Waals surface area contributed by atoms with Crippen molar-refractivity contribution in [3.05, 3.63) is 41.5 Å². The molecule has 5 nitrogen and oxygen atoms in total. The normalized spacial score (nSPS) is 10.8. The van der Waals surface area contributed by atoms with Crippen molar-refractivity contribution in [2.24, 2.45) is 0 Å². The number of rotatable bonds is 4. The van der Waals surface area contributed by atoms with E-state index in [-0.39, 0.29) is 12.5 Å². The summed E-state index contributed by atoms with van der Waals surface area (Å²) in [6, 6.07) is 7.77. The molecule has 2 heterocycles. The maximum atomic E-state index is 12.1. The molecule has 3 rings (SSSR count). The third kappa shape index (κ3) is 2.90. The molecule has 108 valence electrons. The maximum absolute atomic E-state index is 12.1. The molecule has 1 aromatic carbocycles. The Morgan fingerprint density at radius 2 is 2.29 bits per heavy atom. The molecule has 0 radical (unpaired) electrons. The number of ether oxygens (including phenoxy) is 1. The van der Waals surface area contributed by atoms with Crippen LogP contribution >= 0.6 is 11.3 Å². The Morgan fingerprint density at radius 1 is 1.43 bits per heavy atom. The number of benzene rings is 1. The molecule has 0 spiro atoms. The lowest BCUT2D eigenvalue weighted by Gasteiger charge is -2.06. The van der Waals surface area contributed by atoms with E-state index in [1.54, 1.807) is 7.11 Å². The molecule has 0 saturated heterocycles. The number of amides is 1. The van der Waals surface area contributed by atoms with E-state index >= 15 is 0 Å². The number of anilines is 1. The number of nitrogens with one attached hydrogen (secondary N) is 1. The summed E-state index contributed by atoms with van der Waals surface area (Å²) in [5.74, 6) is 0.723. The largest absolute Gasteiger partial charge is 0.497 e. The van der Waals surface area contributed by atoms with Gasteiger partial charge in [-0.3, -0.25) is 4.79 Å². The zero-order valence-electron chi connectivity index (χ0n) is 11.8. The van der Waals surface area contributed by atoms with Crippen molar-refractivity contribution in [3.63, 3.8) is 0 Å². The summed E-state index contributed by atoms with van der Waals surface area (Å²) >= 11 is 1.43. The molecule has 0 aliphatic rings. The van der Waals surface area contributed by atoms with Gasteiger partial charge in [-0.2, -0.15) is 0 Å². The fourth-order valence-electron chi connectivity index (χ4n) is 2.17. The molecule has 0 atom stereocenters. The van der Waals surface area contributed by atoms with E-state index < -0.39 is 0 Å². The third-order valence-electron chi connectivity index (χ3n) is 3.16. The van der Waals surface area contributed by atoms with E-state index in [2.05, 4.69) is 10.3 Å². The van der Waals surface area contributed by atoms with Crippen LogP contribution in [0.3, 0.4) is 0 Å². The lowest BCUT2D eigenvalue weighted by atomic mass is 10.2. The second-order valence-corrected chi connectivity index (χ2v) is 5.57. The number of hydrogen-bond donors (Lipinski definition) is 1. The molecule has 3 aromatic rings. The van der Waals surface area contributed by atoms with Crippen molar-refractivity contribution >= 4 is 33.3 Å². The number of nitrogens with zero attached hydrogens (tertiary/aromatic N) is 2. The quantitative estimate of drug-likeness (QED) is 0.806. The molecule has 0 fully saturated rings. The summed E-state index contributed by atoms with van der Waals surface area (Å²) in [4.78, 5) is 16.3. The third-order valence-corrected chi connectivity index (χ3v) is 4.03. The van der Waals surface area contributed by atoms with Gasteiger partial charge in [0.2, 0.25) is 5.91 Å². The highest BCUT2D eigenvalue weighted by Gasteiger charge is 2.09. The summed E-state index contributed by atoms with van der Waals surface area (Å²) in [6.07, 6.45) is 1.90. The van der Waals surface area contributed by atoms with Gasteiger partial charge in [0, 0.05) is 22.5 Å². The molecular weight excluding hydrogens is 286 g/mol. The highest BCUT2D eigenvalue weighted by Crippen LogP contribution is 2.22. The van der Waals surface area contributed by atoms with Gasteiger partial charge in [0.1, 0.15) is 12.3 Å². The fraction of sp³-hybridized carbons (Fsp3) is 0.200. The van der Waals surface area contributed by atoms with Crippen LogP contribution in [0.15, 0.2) is 35.8 Å². The van der Waals surface area contributed by atoms with Crippen LogP contribution in [0.2, 0.25) is 0 Å². The Labute approximate surface area is 126 Å². The summed E-state index contributed by atoms with van der Waals surface area (Å²) in [6.45, 7) is 2.16. The summed E-state index contributed by atoms with van der Waals surface area (Å²) in [5.41, 5.74) is 1.91. The van der Waals surface area contributed by atoms with Gasteiger partial charge < -0.3 is 14.6 Å². The molecular formula is C15H15N3O2S. The molecule has 1 amide bonds. The van der Waals surface area contributed by atoms with Crippen molar-refractivity contribution in [1.82, 2.24) is 9.55 Å². The maximum Gasteiger partial charge on any atom is 0.246 e. The lowest BCUT2D eigenvalue weighted by molar-refractivity contribution is -0.116. The molecule has 0 aliphatic heterocycles. The van der Waals surface area contributed by atoms with E-state index in [0.29, 0.717) is 5.13 Å². The molecule has 21 heavy (non-hydrogen) atoms. The van der Waals surface area contributed by atoms with Crippen molar-refractivity contribution in [2.75, 3.05) is 12.4 Å². The van der Waals surface area contributed by atoms with Gasteiger partial charge in [-0.05, 0) is 31.2 Å². The number of aromatic nitrogens is 2. The van der Waals surface area contributed by atoms with Gasteiger partial charge >= 0.3 is 0 Å². The molecule has 0 bridgehead atoms. The van der Waals surface area contributed by atoms with Crippen LogP contribution in [0.1, 0.15) is 5.69 Å². The Balaban J connectivity index is 1.76. The van der Waals surface area contributed by atoms with Crippen LogP contribution < -0.4 is 10.1 Å². The van der Waals surface area contributed by atoms with E-state index in [9.17, 15) is 4.79 Å². The number of carbonyl (C=O) groups is 1. The molecule has 0 saturated carbocycles. The number of aryl methyl sites for hydroxylation is 1. The van der Waals surface area contributed by atoms with E-state index in [0.717, 1.165) is 22.3 Å². The first-order valence-electron chi connectivity index (χ1n) is 6.50. The standard InChI is InChI=1S/C15H15N3O2S/c1-10-9-21-15(16-10)17-14(19)8-18-6-5-11-7-12(20-2)3-4-13(11)18/h3-7,9H,8H2,1-2H3,(H,16,17,19). The zero-order valence-corrected chi connectivity index (χ0v) is 12.6. The van der Waals surface area contributed by atoms with E-state index in [1.165, 1.54) is 11.3 Å². The highest BCUT2D eigenvalue weighted by atomic mass is 32.1. The molecule has 1 N–H and O–H groups in total. The van der Waals surface area contributed by atoms with Crippen LogP contribution in [0.25, 0.3) is 10.9 Å². The number of fused-ring (bicyclic) bond motifs is 1. The van der Waals surface area contributed by atoms with Gasteiger partial charge in [-0.15, -0.1) is 11.3 Å². The lowest BCUT2D eigenvalue weighted by Crippen LogP contribution is -2.18.